The van der Waals surface area contributed by atoms with Gasteiger partial charge in [-0.05, 0) is 24.3 Å². The Morgan fingerprint density at radius 1 is 1.15 bits per heavy atom. The second kappa shape index (κ2) is 7.97. The standard InChI is InChI=1S/C18H14ClF2N3O2/c19-17-15(11-23-24(18(17)25)13-4-2-1-3-5-13)22-8-9-26-16-7-6-12(20)10-14(16)21/h1-7,10-11,22H,8-9H2. The lowest BCUT2D eigenvalue weighted by atomic mass is 10.3. The van der Waals surface area contributed by atoms with Crippen molar-refractivity contribution in [2.75, 3.05) is 18.5 Å². The smallest absolute Gasteiger partial charge is 0.292 e. The van der Waals surface area contributed by atoms with Crippen LogP contribution in [-0.2, 0) is 0 Å². The Balaban J connectivity index is 1.64. The molecular weight excluding hydrogens is 364 g/mol. The molecule has 0 aliphatic rings. The van der Waals surface area contributed by atoms with Gasteiger partial charge >= 0.3 is 0 Å². The van der Waals surface area contributed by atoms with Gasteiger partial charge in [-0.1, -0.05) is 29.8 Å². The number of ether oxygens (including phenoxy) is 1. The zero-order chi connectivity index (χ0) is 18.5. The molecule has 1 heterocycles. The van der Waals surface area contributed by atoms with Crippen molar-refractivity contribution in [1.29, 1.82) is 0 Å². The van der Waals surface area contributed by atoms with E-state index in [4.69, 9.17) is 16.3 Å². The molecule has 0 bridgehead atoms. The van der Waals surface area contributed by atoms with Gasteiger partial charge in [0, 0.05) is 12.6 Å². The average Bonchev–Trinajstić information content (AvgIpc) is 2.64. The van der Waals surface area contributed by atoms with Crippen LogP contribution < -0.4 is 15.6 Å². The third-order valence-electron chi connectivity index (χ3n) is 3.49. The summed E-state index contributed by atoms with van der Waals surface area (Å²) in [4.78, 5) is 12.3. The van der Waals surface area contributed by atoms with Gasteiger partial charge in [0.2, 0.25) is 0 Å². The van der Waals surface area contributed by atoms with Crippen molar-refractivity contribution in [3.05, 3.63) is 81.7 Å². The topological polar surface area (TPSA) is 56.1 Å². The number of anilines is 1. The fraction of sp³-hybridized carbons (Fsp3) is 0.111. The molecule has 5 nitrogen and oxygen atoms in total. The Hall–Kier alpha value is -2.93. The van der Waals surface area contributed by atoms with E-state index < -0.39 is 17.2 Å². The van der Waals surface area contributed by atoms with Gasteiger partial charge in [0.1, 0.15) is 17.4 Å². The Bertz CT molecular complexity index is 964. The lowest BCUT2D eigenvalue weighted by Crippen LogP contribution is -2.23. The number of aromatic nitrogens is 2. The Labute approximate surface area is 152 Å². The average molecular weight is 378 g/mol. The number of hydrogen-bond acceptors (Lipinski definition) is 4. The van der Waals surface area contributed by atoms with Crippen LogP contribution in [0, 0.1) is 11.6 Å². The fourth-order valence-corrected chi connectivity index (χ4v) is 2.44. The largest absolute Gasteiger partial charge is 0.489 e. The van der Waals surface area contributed by atoms with E-state index in [9.17, 15) is 13.6 Å². The third-order valence-corrected chi connectivity index (χ3v) is 3.85. The van der Waals surface area contributed by atoms with Gasteiger partial charge in [-0.15, -0.1) is 0 Å². The number of nitrogens with zero attached hydrogens (tertiary/aromatic N) is 2. The number of nitrogens with one attached hydrogen (secondary N) is 1. The Kier molecular flexibility index (Phi) is 5.48. The summed E-state index contributed by atoms with van der Waals surface area (Å²) in [5.41, 5.74) is 0.474. The van der Waals surface area contributed by atoms with Gasteiger partial charge in [0.05, 0.1) is 17.6 Å². The second-order valence-corrected chi connectivity index (χ2v) is 5.65. The molecule has 0 amide bonds. The minimum Gasteiger partial charge on any atom is -0.489 e. The molecule has 0 fully saturated rings. The van der Waals surface area contributed by atoms with Crippen LogP contribution in [0.25, 0.3) is 5.69 Å². The van der Waals surface area contributed by atoms with E-state index in [1.165, 1.54) is 16.9 Å². The summed E-state index contributed by atoms with van der Waals surface area (Å²) in [5, 5.41) is 6.97. The molecule has 2 aromatic carbocycles. The van der Waals surface area contributed by atoms with Gasteiger partial charge in [0.25, 0.3) is 5.56 Å². The lowest BCUT2D eigenvalue weighted by molar-refractivity contribution is 0.314. The fourth-order valence-electron chi connectivity index (χ4n) is 2.25. The monoisotopic (exact) mass is 377 g/mol. The maximum atomic E-state index is 13.5. The zero-order valence-electron chi connectivity index (χ0n) is 13.5. The molecule has 0 radical (unpaired) electrons. The first-order valence-corrected chi connectivity index (χ1v) is 8.09. The van der Waals surface area contributed by atoms with Crippen molar-refractivity contribution in [3.63, 3.8) is 0 Å². The van der Waals surface area contributed by atoms with Crippen LogP contribution in [0.3, 0.4) is 0 Å². The predicted octanol–water partition coefficient (Wildman–Crippen LogP) is 3.66. The summed E-state index contributed by atoms with van der Waals surface area (Å²) in [6.45, 7) is 0.327. The number of para-hydroxylation sites is 1. The molecule has 0 saturated heterocycles. The summed E-state index contributed by atoms with van der Waals surface area (Å²) in [6, 6.07) is 11.9. The first-order valence-electron chi connectivity index (χ1n) is 7.71. The van der Waals surface area contributed by atoms with E-state index in [-0.39, 0.29) is 23.9 Å². The van der Waals surface area contributed by atoms with E-state index in [0.29, 0.717) is 11.4 Å². The molecule has 0 saturated carbocycles. The molecule has 0 unspecified atom stereocenters. The highest BCUT2D eigenvalue weighted by Gasteiger charge is 2.10. The van der Waals surface area contributed by atoms with Crippen molar-refractivity contribution in [2.45, 2.75) is 0 Å². The van der Waals surface area contributed by atoms with Crippen LogP contribution in [0.2, 0.25) is 5.02 Å². The maximum absolute atomic E-state index is 13.5. The molecule has 134 valence electrons. The number of rotatable bonds is 6. The van der Waals surface area contributed by atoms with Crippen LogP contribution in [0.4, 0.5) is 14.5 Å². The van der Waals surface area contributed by atoms with E-state index in [1.54, 1.807) is 24.3 Å². The number of halogens is 3. The summed E-state index contributed by atoms with van der Waals surface area (Å²) in [7, 11) is 0. The zero-order valence-corrected chi connectivity index (χ0v) is 14.2. The molecule has 26 heavy (non-hydrogen) atoms. The molecule has 3 rings (SSSR count). The van der Waals surface area contributed by atoms with Crippen LogP contribution >= 0.6 is 11.6 Å². The third kappa shape index (κ3) is 4.00. The quantitative estimate of drug-likeness (QED) is 0.666. The molecule has 0 aliphatic heterocycles. The van der Waals surface area contributed by atoms with Crippen molar-refractivity contribution in [3.8, 4) is 11.4 Å². The summed E-state index contributed by atoms with van der Waals surface area (Å²) in [6.07, 6.45) is 1.43. The van der Waals surface area contributed by atoms with E-state index >= 15 is 0 Å². The minimum absolute atomic E-state index is 0.0168. The summed E-state index contributed by atoms with van der Waals surface area (Å²) < 4.78 is 32.7. The predicted molar refractivity (Wildman–Crippen MR) is 95.2 cm³/mol. The van der Waals surface area contributed by atoms with Crippen LogP contribution in [0.5, 0.6) is 5.75 Å². The summed E-state index contributed by atoms with van der Waals surface area (Å²) in [5.74, 6) is -1.52. The molecule has 3 aromatic rings. The van der Waals surface area contributed by atoms with Crippen molar-refractivity contribution in [1.82, 2.24) is 9.78 Å². The van der Waals surface area contributed by atoms with Gasteiger partial charge in [0.15, 0.2) is 11.6 Å². The van der Waals surface area contributed by atoms with E-state index in [1.807, 2.05) is 6.07 Å². The van der Waals surface area contributed by atoms with Crippen molar-refractivity contribution >= 4 is 17.3 Å². The van der Waals surface area contributed by atoms with Crippen molar-refractivity contribution < 1.29 is 13.5 Å². The minimum atomic E-state index is -0.782. The van der Waals surface area contributed by atoms with Gasteiger partial charge in [-0.3, -0.25) is 4.79 Å². The Morgan fingerprint density at radius 3 is 2.65 bits per heavy atom. The first-order chi connectivity index (χ1) is 12.6. The molecule has 0 aliphatic carbocycles. The normalized spacial score (nSPS) is 10.6. The molecule has 8 heteroatoms. The van der Waals surface area contributed by atoms with Crippen LogP contribution in [-0.4, -0.2) is 22.9 Å². The maximum Gasteiger partial charge on any atom is 0.292 e. The number of hydrogen-bond donors (Lipinski definition) is 1. The number of benzene rings is 2. The second-order valence-electron chi connectivity index (χ2n) is 5.27. The van der Waals surface area contributed by atoms with Gasteiger partial charge < -0.3 is 10.1 Å². The van der Waals surface area contributed by atoms with Crippen LogP contribution in [0.1, 0.15) is 0 Å². The van der Waals surface area contributed by atoms with E-state index in [0.717, 1.165) is 12.1 Å². The SMILES string of the molecule is O=c1c(Cl)c(NCCOc2ccc(F)cc2F)cnn1-c1ccccc1. The molecular formula is C18H14ClF2N3O2. The molecule has 0 spiro atoms. The molecule has 0 atom stereocenters. The molecule has 1 aromatic heterocycles. The van der Waals surface area contributed by atoms with Crippen LogP contribution in [0.15, 0.2) is 59.5 Å². The van der Waals surface area contributed by atoms with E-state index in [2.05, 4.69) is 10.4 Å². The Morgan fingerprint density at radius 2 is 1.92 bits per heavy atom. The highest BCUT2D eigenvalue weighted by atomic mass is 35.5. The van der Waals surface area contributed by atoms with Crippen molar-refractivity contribution in [2.24, 2.45) is 0 Å². The molecule has 1 N–H and O–H groups in total. The highest BCUT2D eigenvalue weighted by Crippen LogP contribution is 2.18. The highest BCUT2D eigenvalue weighted by molar-refractivity contribution is 6.32. The van der Waals surface area contributed by atoms with Gasteiger partial charge in [-0.25, -0.2) is 8.78 Å². The first kappa shape index (κ1) is 17.9. The summed E-state index contributed by atoms with van der Waals surface area (Å²) >= 11 is 6.11. The lowest BCUT2D eigenvalue weighted by Gasteiger charge is -2.11. The van der Waals surface area contributed by atoms with Gasteiger partial charge in [-0.2, -0.15) is 9.78 Å².